The van der Waals surface area contributed by atoms with Crippen molar-refractivity contribution in [2.75, 3.05) is 13.1 Å². The Morgan fingerprint density at radius 3 is 2.46 bits per heavy atom. The number of likely N-dealkylation sites (tertiary alicyclic amines) is 1. The first-order valence-electron chi connectivity index (χ1n) is 10.7. The van der Waals surface area contributed by atoms with Crippen LogP contribution in [0.4, 0.5) is 9.18 Å². The maximum Gasteiger partial charge on any atom is 0.317 e. The summed E-state index contributed by atoms with van der Waals surface area (Å²) in [4.78, 5) is 26.9. The summed E-state index contributed by atoms with van der Waals surface area (Å²) >= 11 is 0. The predicted molar refractivity (Wildman–Crippen MR) is 105 cm³/mol. The van der Waals surface area contributed by atoms with E-state index in [1.54, 1.807) is 6.07 Å². The zero-order valence-electron chi connectivity index (χ0n) is 16.4. The largest absolute Gasteiger partial charge is 0.353 e. The van der Waals surface area contributed by atoms with Gasteiger partial charge < -0.3 is 15.5 Å². The van der Waals surface area contributed by atoms with E-state index in [2.05, 4.69) is 10.6 Å². The minimum atomic E-state index is -0.177. The average molecular weight is 387 g/mol. The second kappa shape index (κ2) is 8.50. The number of carbonyl (C=O) groups is 2. The van der Waals surface area contributed by atoms with Crippen molar-refractivity contribution in [3.8, 4) is 0 Å². The van der Waals surface area contributed by atoms with Crippen LogP contribution >= 0.6 is 0 Å². The lowest BCUT2D eigenvalue weighted by atomic mass is 9.88. The Bertz CT molecular complexity index is 724. The molecule has 5 nitrogen and oxygen atoms in total. The standard InChI is InChI=1S/C22H30FN3O2/c23-19-8-4-7-18-17(19)9-10-20(18)25-22(28)26-13-11-16(12-14-26)24-21(27)15-5-2-1-3-6-15/h4,7-8,15-16,20H,1-3,5-6,9-14H2,(H,24,27)(H,25,28). The number of hydrogen-bond donors (Lipinski definition) is 2. The van der Waals surface area contributed by atoms with Gasteiger partial charge in [-0.3, -0.25) is 4.79 Å². The first-order chi connectivity index (χ1) is 13.6. The van der Waals surface area contributed by atoms with Gasteiger partial charge in [0.1, 0.15) is 5.82 Å². The lowest BCUT2D eigenvalue weighted by molar-refractivity contribution is -0.126. The second-order valence-electron chi connectivity index (χ2n) is 8.45. The molecular formula is C22H30FN3O2. The van der Waals surface area contributed by atoms with E-state index < -0.39 is 0 Å². The van der Waals surface area contributed by atoms with Crippen molar-refractivity contribution in [1.29, 1.82) is 0 Å². The van der Waals surface area contributed by atoms with E-state index >= 15 is 0 Å². The van der Waals surface area contributed by atoms with Gasteiger partial charge in [-0.05, 0) is 55.7 Å². The molecule has 152 valence electrons. The topological polar surface area (TPSA) is 61.4 Å². The molecule has 0 spiro atoms. The van der Waals surface area contributed by atoms with Crippen LogP contribution in [0.5, 0.6) is 0 Å². The fourth-order valence-electron chi connectivity index (χ4n) is 4.91. The van der Waals surface area contributed by atoms with Gasteiger partial charge in [-0.1, -0.05) is 31.4 Å². The SMILES string of the molecule is O=C(NC1CCN(C(=O)NC2CCc3c(F)cccc32)CC1)C1CCCCC1. The van der Waals surface area contributed by atoms with Crippen LogP contribution in [0.1, 0.15) is 68.5 Å². The number of nitrogens with one attached hydrogen (secondary N) is 2. The average Bonchev–Trinajstić information content (AvgIpc) is 3.13. The second-order valence-corrected chi connectivity index (χ2v) is 8.45. The maximum absolute atomic E-state index is 13.9. The van der Waals surface area contributed by atoms with Gasteiger partial charge in [0.15, 0.2) is 0 Å². The number of benzene rings is 1. The zero-order valence-corrected chi connectivity index (χ0v) is 16.4. The summed E-state index contributed by atoms with van der Waals surface area (Å²) < 4.78 is 13.9. The molecule has 1 aromatic rings. The highest BCUT2D eigenvalue weighted by Crippen LogP contribution is 2.33. The minimum Gasteiger partial charge on any atom is -0.353 e. The van der Waals surface area contributed by atoms with E-state index in [9.17, 15) is 14.0 Å². The summed E-state index contributed by atoms with van der Waals surface area (Å²) in [7, 11) is 0. The summed E-state index contributed by atoms with van der Waals surface area (Å²) in [5.41, 5.74) is 1.64. The van der Waals surface area contributed by atoms with E-state index in [1.165, 1.54) is 12.5 Å². The first-order valence-corrected chi connectivity index (χ1v) is 10.7. The smallest absolute Gasteiger partial charge is 0.317 e. The van der Waals surface area contributed by atoms with Crippen molar-refractivity contribution >= 4 is 11.9 Å². The number of piperidine rings is 1. The monoisotopic (exact) mass is 387 g/mol. The molecule has 1 atom stereocenters. The molecule has 2 aliphatic carbocycles. The Hall–Kier alpha value is -2.11. The normalized spacial score (nSPS) is 23.3. The molecule has 2 N–H and O–H groups in total. The lowest BCUT2D eigenvalue weighted by Gasteiger charge is -2.34. The molecule has 1 saturated carbocycles. The number of rotatable bonds is 3. The van der Waals surface area contributed by atoms with Crippen molar-refractivity contribution in [2.45, 2.75) is 69.9 Å². The fourth-order valence-corrected chi connectivity index (χ4v) is 4.91. The molecule has 28 heavy (non-hydrogen) atoms. The highest BCUT2D eigenvalue weighted by Gasteiger charge is 2.30. The molecule has 0 aromatic heterocycles. The van der Waals surface area contributed by atoms with Crippen LogP contribution in [0.3, 0.4) is 0 Å². The molecule has 1 aromatic carbocycles. The molecule has 1 aliphatic heterocycles. The molecular weight excluding hydrogens is 357 g/mol. The Labute approximate surface area is 166 Å². The van der Waals surface area contributed by atoms with Crippen LogP contribution in [-0.4, -0.2) is 36.0 Å². The van der Waals surface area contributed by atoms with E-state index in [1.807, 2.05) is 11.0 Å². The van der Waals surface area contributed by atoms with Gasteiger partial charge in [0.2, 0.25) is 5.91 Å². The first kappa shape index (κ1) is 19.2. The van der Waals surface area contributed by atoms with Gasteiger partial charge in [-0.25, -0.2) is 9.18 Å². The Balaban J connectivity index is 1.25. The molecule has 1 heterocycles. The Morgan fingerprint density at radius 2 is 1.71 bits per heavy atom. The lowest BCUT2D eigenvalue weighted by Crippen LogP contribution is -2.50. The summed E-state index contributed by atoms with van der Waals surface area (Å²) in [5.74, 6) is 0.203. The third kappa shape index (κ3) is 4.15. The number of fused-ring (bicyclic) bond motifs is 1. The summed E-state index contributed by atoms with van der Waals surface area (Å²) in [5, 5.41) is 6.27. The van der Waals surface area contributed by atoms with Crippen molar-refractivity contribution in [2.24, 2.45) is 5.92 Å². The summed E-state index contributed by atoms with van der Waals surface area (Å²) in [6.45, 7) is 1.29. The number of carbonyl (C=O) groups excluding carboxylic acids is 2. The molecule has 1 saturated heterocycles. The van der Waals surface area contributed by atoms with Gasteiger partial charge in [0.05, 0.1) is 6.04 Å². The van der Waals surface area contributed by atoms with E-state index in [4.69, 9.17) is 0 Å². The fraction of sp³-hybridized carbons (Fsp3) is 0.636. The Morgan fingerprint density at radius 1 is 0.964 bits per heavy atom. The Kier molecular flexibility index (Phi) is 5.83. The molecule has 3 aliphatic rings. The zero-order chi connectivity index (χ0) is 19.5. The third-order valence-corrected chi connectivity index (χ3v) is 6.62. The van der Waals surface area contributed by atoms with Crippen LogP contribution in [0.25, 0.3) is 0 Å². The molecule has 3 amide bonds. The van der Waals surface area contributed by atoms with Gasteiger partial charge in [0.25, 0.3) is 0 Å². The molecule has 4 rings (SSSR count). The highest BCUT2D eigenvalue weighted by molar-refractivity contribution is 5.79. The van der Waals surface area contributed by atoms with E-state index in [0.717, 1.165) is 56.1 Å². The van der Waals surface area contributed by atoms with Crippen LogP contribution in [0, 0.1) is 11.7 Å². The third-order valence-electron chi connectivity index (χ3n) is 6.62. The van der Waals surface area contributed by atoms with Crippen molar-refractivity contribution < 1.29 is 14.0 Å². The van der Waals surface area contributed by atoms with Gasteiger partial charge in [0, 0.05) is 25.0 Å². The molecule has 0 radical (unpaired) electrons. The summed E-state index contributed by atoms with van der Waals surface area (Å²) in [6, 6.07) is 5.07. The molecule has 1 unspecified atom stereocenters. The molecule has 2 fully saturated rings. The quantitative estimate of drug-likeness (QED) is 0.831. The predicted octanol–water partition coefficient (Wildman–Crippen LogP) is 3.68. The number of nitrogens with zero attached hydrogens (tertiary/aromatic N) is 1. The van der Waals surface area contributed by atoms with E-state index in [0.29, 0.717) is 19.5 Å². The number of hydrogen-bond acceptors (Lipinski definition) is 2. The van der Waals surface area contributed by atoms with Crippen LogP contribution in [-0.2, 0) is 11.2 Å². The minimum absolute atomic E-state index is 0.0841. The highest BCUT2D eigenvalue weighted by atomic mass is 19.1. The molecule has 6 heteroatoms. The van der Waals surface area contributed by atoms with Crippen LogP contribution in [0.2, 0.25) is 0 Å². The molecule has 0 bridgehead atoms. The van der Waals surface area contributed by atoms with Crippen molar-refractivity contribution in [3.05, 3.63) is 35.1 Å². The number of halogens is 1. The maximum atomic E-state index is 13.9. The van der Waals surface area contributed by atoms with Gasteiger partial charge in [-0.2, -0.15) is 0 Å². The number of urea groups is 1. The van der Waals surface area contributed by atoms with E-state index in [-0.39, 0.29) is 35.8 Å². The van der Waals surface area contributed by atoms with Crippen LogP contribution < -0.4 is 10.6 Å². The van der Waals surface area contributed by atoms with Crippen molar-refractivity contribution in [3.63, 3.8) is 0 Å². The van der Waals surface area contributed by atoms with Crippen LogP contribution in [0.15, 0.2) is 18.2 Å². The van der Waals surface area contributed by atoms with Gasteiger partial charge >= 0.3 is 6.03 Å². The summed E-state index contributed by atoms with van der Waals surface area (Å²) in [6.07, 6.45) is 8.58. The number of amides is 3. The van der Waals surface area contributed by atoms with Crippen molar-refractivity contribution in [1.82, 2.24) is 15.5 Å². The van der Waals surface area contributed by atoms with Gasteiger partial charge in [-0.15, -0.1) is 0 Å².